The first kappa shape index (κ1) is 10.2. The van der Waals surface area contributed by atoms with Crippen LogP contribution in [0.25, 0.3) is 0 Å². The summed E-state index contributed by atoms with van der Waals surface area (Å²) < 4.78 is 5.21. The lowest BCUT2D eigenvalue weighted by Gasteiger charge is -2.31. The average Bonchev–Trinajstić information content (AvgIpc) is 2.65. The van der Waals surface area contributed by atoms with E-state index in [1.807, 2.05) is 0 Å². The van der Waals surface area contributed by atoms with Crippen molar-refractivity contribution in [3.8, 4) is 0 Å². The van der Waals surface area contributed by atoms with Crippen molar-refractivity contribution in [1.29, 1.82) is 0 Å². The van der Waals surface area contributed by atoms with Crippen LogP contribution in [0.5, 0.6) is 0 Å². The van der Waals surface area contributed by atoms with Crippen LogP contribution >= 0.6 is 0 Å². The smallest absolute Gasteiger partial charge is 0.309 e. The van der Waals surface area contributed by atoms with Gasteiger partial charge in [0, 0.05) is 26.2 Å². The minimum atomic E-state index is -0.101. The van der Waals surface area contributed by atoms with E-state index in [9.17, 15) is 4.79 Å². The Morgan fingerprint density at radius 3 is 2.60 bits per heavy atom. The molecule has 15 heavy (non-hydrogen) atoms. The highest BCUT2D eigenvalue weighted by Crippen LogP contribution is 2.08. The predicted molar refractivity (Wildman–Crippen MR) is 54.6 cm³/mol. The summed E-state index contributed by atoms with van der Waals surface area (Å²) >= 11 is 0. The Labute approximate surface area is 88.7 Å². The summed E-state index contributed by atoms with van der Waals surface area (Å²) in [7, 11) is 2.05. The SMILES string of the molecule is Cc1cnc(C(=O)N2CCN(C)CC2)o1. The molecule has 0 N–H and O–H groups in total. The lowest BCUT2D eigenvalue weighted by atomic mass is 10.3. The second-order valence-corrected chi connectivity index (χ2v) is 3.87. The Bertz CT molecular complexity index is 353. The highest BCUT2D eigenvalue weighted by atomic mass is 16.4. The topological polar surface area (TPSA) is 49.6 Å². The summed E-state index contributed by atoms with van der Waals surface area (Å²) in [5.74, 6) is 0.778. The summed E-state index contributed by atoms with van der Waals surface area (Å²) in [6.07, 6.45) is 1.57. The number of oxazole rings is 1. The monoisotopic (exact) mass is 209 g/mol. The number of carbonyl (C=O) groups excluding carboxylic acids is 1. The lowest BCUT2D eigenvalue weighted by Crippen LogP contribution is -2.47. The molecule has 82 valence electrons. The maximum atomic E-state index is 11.9. The van der Waals surface area contributed by atoms with Crippen LogP contribution in [0.1, 0.15) is 16.4 Å². The molecule has 1 aromatic heterocycles. The zero-order chi connectivity index (χ0) is 10.8. The van der Waals surface area contributed by atoms with Crippen LogP contribution in [0.3, 0.4) is 0 Å². The Hall–Kier alpha value is -1.36. The van der Waals surface area contributed by atoms with E-state index in [2.05, 4.69) is 16.9 Å². The predicted octanol–water partition coefficient (Wildman–Crippen LogP) is 0.371. The maximum absolute atomic E-state index is 11.9. The van der Waals surface area contributed by atoms with E-state index < -0.39 is 0 Å². The van der Waals surface area contributed by atoms with Crippen LogP contribution in [0.15, 0.2) is 10.6 Å². The van der Waals surface area contributed by atoms with Crippen molar-refractivity contribution < 1.29 is 9.21 Å². The molecule has 1 fully saturated rings. The first-order valence-corrected chi connectivity index (χ1v) is 5.07. The minimum Gasteiger partial charge on any atom is -0.438 e. The first-order chi connectivity index (χ1) is 7.16. The van der Waals surface area contributed by atoms with E-state index in [0.29, 0.717) is 5.76 Å². The van der Waals surface area contributed by atoms with Gasteiger partial charge in [-0.25, -0.2) is 4.98 Å². The second kappa shape index (κ2) is 4.02. The van der Waals surface area contributed by atoms with Crippen molar-refractivity contribution in [2.45, 2.75) is 6.92 Å². The van der Waals surface area contributed by atoms with Gasteiger partial charge in [0.05, 0.1) is 6.20 Å². The van der Waals surface area contributed by atoms with Gasteiger partial charge in [0.1, 0.15) is 5.76 Å². The molecule has 1 aliphatic heterocycles. The van der Waals surface area contributed by atoms with Crippen LogP contribution in [0.2, 0.25) is 0 Å². The Morgan fingerprint density at radius 1 is 1.40 bits per heavy atom. The fourth-order valence-corrected chi connectivity index (χ4v) is 1.60. The Kier molecular flexibility index (Phi) is 2.73. The van der Waals surface area contributed by atoms with Gasteiger partial charge in [0.25, 0.3) is 5.89 Å². The summed E-state index contributed by atoms with van der Waals surface area (Å²) in [5.41, 5.74) is 0. The van der Waals surface area contributed by atoms with Crippen molar-refractivity contribution >= 4 is 5.91 Å². The van der Waals surface area contributed by atoms with E-state index in [-0.39, 0.29) is 11.8 Å². The number of carbonyl (C=O) groups is 1. The van der Waals surface area contributed by atoms with Crippen molar-refractivity contribution in [3.63, 3.8) is 0 Å². The van der Waals surface area contributed by atoms with E-state index in [1.165, 1.54) is 0 Å². The highest BCUT2D eigenvalue weighted by molar-refractivity contribution is 5.89. The van der Waals surface area contributed by atoms with Gasteiger partial charge >= 0.3 is 5.91 Å². The van der Waals surface area contributed by atoms with Gasteiger partial charge in [-0.15, -0.1) is 0 Å². The fraction of sp³-hybridized carbons (Fsp3) is 0.600. The Balaban J connectivity index is 2.02. The molecule has 0 unspecified atom stereocenters. The molecule has 0 saturated carbocycles. The molecule has 5 heteroatoms. The number of likely N-dealkylation sites (N-methyl/N-ethyl adjacent to an activating group) is 1. The number of aromatic nitrogens is 1. The number of nitrogens with zero attached hydrogens (tertiary/aromatic N) is 3. The molecule has 0 atom stereocenters. The number of hydrogen-bond donors (Lipinski definition) is 0. The molecular weight excluding hydrogens is 194 g/mol. The number of hydrogen-bond acceptors (Lipinski definition) is 4. The summed E-state index contributed by atoms with van der Waals surface area (Å²) in [5, 5.41) is 0. The zero-order valence-electron chi connectivity index (χ0n) is 9.06. The molecule has 1 amide bonds. The van der Waals surface area contributed by atoms with Gasteiger partial charge < -0.3 is 14.2 Å². The molecule has 0 bridgehead atoms. The van der Waals surface area contributed by atoms with Crippen LogP contribution in [0.4, 0.5) is 0 Å². The normalized spacial score (nSPS) is 18.1. The van der Waals surface area contributed by atoms with E-state index in [0.717, 1.165) is 26.2 Å². The quantitative estimate of drug-likeness (QED) is 0.670. The van der Waals surface area contributed by atoms with Crippen LogP contribution in [-0.4, -0.2) is 53.9 Å². The molecule has 2 rings (SSSR count). The van der Waals surface area contributed by atoms with Crippen molar-refractivity contribution in [3.05, 3.63) is 17.8 Å². The van der Waals surface area contributed by atoms with E-state index >= 15 is 0 Å². The number of aryl methyl sites for hydroxylation is 1. The Morgan fingerprint density at radius 2 is 2.07 bits per heavy atom. The van der Waals surface area contributed by atoms with Gasteiger partial charge in [-0.1, -0.05) is 0 Å². The molecule has 0 aliphatic carbocycles. The van der Waals surface area contributed by atoms with Gasteiger partial charge in [-0.05, 0) is 14.0 Å². The van der Waals surface area contributed by atoms with Crippen LogP contribution in [0, 0.1) is 6.92 Å². The fourth-order valence-electron chi connectivity index (χ4n) is 1.60. The second-order valence-electron chi connectivity index (χ2n) is 3.87. The molecule has 1 aliphatic rings. The minimum absolute atomic E-state index is 0.101. The summed E-state index contributed by atoms with van der Waals surface area (Å²) in [4.78, 5) is 19.8. The molecule has 1 aromatic rings. The summed E-state index contributed by atoms with van der Waals surface area (Å²) in [6, 6.07) is 0. The standard InChI is InChI=1S/C10H15N3O2/c1-8-7-11-9(15-8)10(14)13-5-3-12(2)4-6-13/h7H,3-6H2,1-2H3. The largest absolute Gasteiger partial charge is 0.438 e. The number of piperazine rings is 1. The van der Waals surface area contributed by atoms with Gasteiger partial charge in [0.2, 0.25) is 0 Å². The number of rotatable bonds is 1. The highest BCUT2D eigenvalue weighted by Gasteiger charge is 2.23. The van der Waals surface area contributed by atoms with Gasteiger partial charge in [-0.2, -0.15) is 0 Å². The van der Waals surface area contributed by atoms with Gasteiger partial charge in [0.15, 0.2) is 0 Å². The average molecular weight is 209 g/mol. The van der Waals surface area contributed by atoms with Crippen LogP contribution in [-0.2, 0) is 0 Å². The molecule has 1 saturated heterocycles. The molecular formula is C10H15N3O2. The van der Waals surface area contributed by atoms with Crippen LogP contribution < -0.4 is 0 Å². The zero-order valence-corrected chi connectivity index (χ0v) is 9.06. The third-order valence-electron chi connectivity index (χ3n) is 2.59. The van der Waals surface area contributed by atoms with E-state index in [1.54, 1.807) is 18.0 Å². The molecule has 0 spiro atoms. The van der Waals surface area contributed by atoms with Gasteiger partial charge in [-0.3, -0.25) is 4.79 Å². The van der Waals surface area contributed by atoms with E-state index in [4.69, 9.17) is 4.42 Å². The lowest BCUT2D eigenvalue weighted by molar-refractivity contribution is 0.0623. The third-order valence-corrected chi connectivity index (χ3v) is 2.59. The maximum Gasteiger partial charge on any atom is 0.309 e. The molecule has 2 heterocycles. The van der Waals surface area contributed by atoms with Crippen molar-refractivity contribution in [1.82, 2.24) is 14.8 Å². The van der Waals surface area contributed by atoms with Crippen molar-refractivity contribution in [2.75, 3.05) is 33.2 Å². The molecule has 0 radical (unpaired) electrons. The molecule has 5 nitrogen and oxygen atoms in total. The summed E-state index contributed by atoms with van der Waals surface area (Å²) in [6.45, 7) is 5.10. The van der Waals surface area contributed by atoms with Crippen molar-refractivity contribution in [2.24, 2.45) is 0 Å². The number of amides is 1. The third kappa shape index (κ3) is 2.18. The molecule has 0 aromatic carbocycles. The first-order valence-electron chi connectivity index (χ1n) is 5.07.